The van der Waals surface area contributed by atoms with Gasteiger partial charge in [-0.3, -0.25) is 0 Å². The molecule has 0 saturated heterocycles. The van der Waals surface area contributed by atoms with Crippen molar-refractivity contribution in [3.63, 3.8) is 0 Å². The summed E-state index contributed by atoms with van der Waals surface area (Å²) in [5.74, 6) is 0. The van der Waals surface area contributed by atoms with Crippen LogP contribution in [0.4, 0.5) is 0 Å². The van der Waals surface area contributed by atoms with Crippen molar-refractivity contribution in [2.75, 3.05) is 0 Å². The molecule has 0 aliphatic heterocycles. The van der Waals surface area contributed by atoms with Crippen molar-refractivity contribution in [3.05, 3.63) is 168 Å². The molecule has 2 aromatic heterocycles. The Morgan fingerprint density at radius 2 is 1.02 bits per heavy atom. The van der Waals surface area contributed by atoms with Crippen LogP contribution in [-0.2, 0) is 0 Å². The van der Waals surface area contributed by atoms with E-state index >= 15 is 0 Å². The molecule has 2 heterocycles. The number of rotatable bonds is 4. The lowest BCUT2D eigenvalue weighted by molar-refractivity contribution is 1.17. The largest absolute Gasteiger partial charge is 0.309 e. The summed E-state index contributed by atoms with van der Waals surface area (Å²) in [5.41, 5.74) is 11.5. The standard InChI is InChI=1S/C45H25N5/c46-26-29-15-21-43(50-44-22-16-30(27-47)24-40(44)38-12-6-9-34(28-48)45(38)50)39(23-29)33-8-5-7-32(25-33)31-17-19-35(20-18-31)49-41-13-3-1-10-36(41)37-11-2-4-14-42(37)49/h1-25H. The Hall–Kier alpha value is -7.39. The quantitative estimate of drug-likeness (QED) is 0.193. The summed E-state index contributed by atoms with van der Waals surface area (Å²) in [6.07, 6.45) is 0. The van der Waals surface area contributed by atoms with Crippen molar-refractivity contribution in [1.82, 2.24) is 9.13 Å². The van der Waals surface area contributed by atoms with Gasteiger partial charge in [-0.15, -0.1) is 0 Å². The second-order valence-corrected chi connectivity index (χ2v) is 12.3. The van der Waals surface area contributed by atoms with E-state index in [9.17, 15) is 15.8 Å². The first-order valence-electron chi connectivity index (χ1n) is 16.3. The number of fused-ring (bicyclic) bond motifs is 6. The summed E-state index contributed by atoms with van der Waals surface area (Å²) in [6, 6.07) is 57.9. The normalized spacial score (nSPS) is 11.1. The molecule has 5 heteroatoms. The highest BCUT2D eigenvalue weighted by Gasteiger charge is 2.20. The molecule has 5 nitrogen and oxygen atoms in total. The highest BCUT2D eigenvalue weighted by Crippen LogP contribution is 2.39. The van der Waals surface area contributed by atoms with Crippen molar-refractivity contribution in [2.45, 2.75) is 0 Å². The van der Waals surface area contributed by atoms with Gasteiger partial charge in [0.05, 0.1) is 56.6 Å². The Balaban J connectivity index is 1.20. The predicted octanol–water partition coefficient (Wildman–Crippen LogP) is 10.8. The summed E-state index contributed by atoms with van der Waals surface area (Å²) in [7, 11) is 0. The fourth-order valence-corrected chi connectivity index (χ4v) is 7.38. The van der Waals surface area contributed by atoms with Crippen molar-refractivity contribution < 1.29 is 0 Å². The number of nitrogens with zero attached hydrogens (tertiary/aromatic N) is 5. The Morgan fingerprint density at radius 1 is 0.400 bits per heavy atom. The summed E-state index contributed by atoms with van der Waals surface area (Å²) in [5, 5.41) is 34.0. The molecule has 9 aromatic rings. The van der Waals surface area contributed by atoms with E-state index < -0.39 is 0 Å². The lowest BCUT2D eigenvalue weighted by Gasteiger charge is -2.16. The first-order chi connectivity index (χ1) is 24.7. The second-order valence-electron chi connectivity index (χ2n) is 12.3. The van der Waals surface area contributed by atoms with Crippen molar-refractivity contribution in [1.29, 1.82) is 15.8 Å². The van der Waals surface area contributed by atoms with Crippen LogP contribution in [0, 0.1) is 34.0 Å². The molecule has 0 fully saturated rings. The monoisotopic (exact) mass is 635 g/mol. The van der Waals surface area contributed by atoms with E-state index in [-0.39, 0.29) is 0 Å². The van der Waals surface area contributed by atoms with Gasteiger partial charge in [-0.05, 0) is 89.5 Å². The summed E-state index contributed by atoms with van der Waals surface area (Å²) >= 11 is 0. The van der Waals surface area contributed by atoms with Crippen molar-refractivity contribution >= 4 is 43.6 Å². The fourth-order valence-electron chi connectivity index (χ4n) is 7.38. The predicted molar refractivity (Wildman–Crippen MR) is 200 cm³/mol. The molecule has 9 rings (SSSR count). The molecule has 0 amide bonds. The molecular formula is C45H25N5. The molecule has 0 unspecified atom stereocenters. The van der Waals surface area contributed by atoms with Crippen molar-refractivity contribution in [2.24, 2.45) is 0 Å². The highest BCUT2D eigenvalue weighted by molar-refractivity contribution is 6.12. The summed E-state index contributed by atoms with van der Waals surface area (Å²) in [6.45, 7) is 0. The molecule has 0 saturated carbocycles. The summed E-state index contributed by atoms with van der Waals surface area (Å²) in [4.78, 5) is 0. The lowest BCUT2D eigenvalue weighted by Crippen LogP contribution is -1.99. The van der Waals surface area contributed by atoms with Gasteiger partial charge < -0.3 is 9.13 Å². The number of hydrogen-bond acceptors (Lipinski definition) is 3. The Kier molecular flexibility index (Phi) is 6.56. The maximum absolute atomic E-state index is 10.2. The van der Waals surface area contributed by atoms with Crippen LogP contribution in [0.25, 0.3) is 77.2 Å². The van der Waals surface area contributed by atoms with Gasteiger partial charge in [0, 0.05) is 32.8 Å². The number of hydrogen-bond donors (Lipinski definition) is 0. The molecule has 0 atom stereocenters. The molecule has 230 valence electrons. The average molecular weight is 636 g/mol. The first-order valence-corrected chi connectivity index (χ1v) is 16.3. The molecule has 0 bridgehead atoms. The first kappa shape index (κ1) is 28.8. The molecular weight excluding hydrogens is 611 g/mol. The molecule has 0 spiro atoms. The smallest absolute Gasteiger partial charge is 0.101 e. The molecule has 0 aliphatic carbocycles. The van der Waals surface area contributed by atoms with Crippen LogP contribution in [0.15, 0.2) is 152 Å². The van der Waals surface area contributed by atoms with Crippen LogP contribution in [0.5, 0.6) is 0 Å². The van der Waals surface area contributed by atoms with E-state index in [1.165, 1.54) is 21.8 Å². The summed E-state index contributed by atoms with van der Waals surface area (Å²) < 4.78 is 4.40. The van der Waals surface area contributed by atoms with Gasteiger partial charge in [0.1, 0.15) is 6.07 Å². The third-order valence-electron chi connectivity index (χ3n) is 9.62. The maximum atomic E-state index is 10.2. The van der Waals surface area contributed by atoms with Crippen LogP contribution in [0.2, 0.25) is 0 Å². The van der Waals surface area contributed by atoms with Gasteiger partial charge >= 0.3 is 0 Å². The number of nitriles is 3. The number of benzene rings is 7. The van der Waals surface area contributed by atoms with Gasteiger partial charge in [-0.2, -0.15) is 15.8 Å². The van der Waals surface area contributed by atoms with Crippen molar-refractivity contribution in [3.8, 4) is 51.8 Å². The number of para-hydroxylation sites is 3. The van der Waals surface area contributed by atoms with Crippen LogP contribution in [0.1, 0.15) is 16.7 Å². The third-order valence-corrected chi connectivity index (χ3v) is 9.62. The second kappa shape index (κ2) is 11.4. The number of aromatic nitrogens is 2. The Labute approximate surface area is 287 Å². The zero-order valence-electron chi connectivity index (χ0n) is 26.7. The zero-order chi connectivity index (χ0) is 33.8. The highest BCUT2D eigenvalue weighted by atomic mass is 15.0. The van der Waals surface area contributed by atoms with E-state index in [0.717, 1.165) is 55.4 Å². The minimum Gasteiger partial charge on any atom is -0.309 e. The van der Waals surface area contributed by atoms with Gasteiger partial charge in [-0.1, -0.05) is 78.9 Å². The maximum Gasteiger partial charge on any atom is 0.101 e. The minimum atomic E-state index is 0.532. The lowest BCUT2D eigenvalue weighted by atomic mass is 9.96. The van der Waals surface area contributed by atoms with Gasteiger partial charge in [0.15, 0.2) is 0 Å². The minimum absolute atomic E-state index is 0.532. The van der Waals surface area contributed by atoms with Crippen LogP contribution in [-0.4, -0.2) is 9.13 Å². The van der Waals surface area contributed by atoms with Gasteiger partial charge in [0.2, 0.25) is 0 Å². The van der Waals surface area contributed by atoms with E-state index in [2.05, 4.69) is 118 Å². The van der Waals surface area contributed by atoms with E-state index in [0.29, 0.717) is 16.7 Å². The van der Waals surface area contributed by atoms with Crippen LogP contribution >= 0.6 is 0 Å². The van der Waals surface area contributed by atoms with Crippen LogP contribution < -0.4 is 0 Å². The SMILES string of the molecule is N#Cc1ccc(-n2c3ccc(C#N)cc3c3cccc(C#N)c32)c(-c2cccc(-c3ccc(-n4c5ccccc5c5ccccc54)cc3)c2)c1. The molecule has 50 heavy (non-hydrogen) atoms. The Bertz CT molecular complexity index is 2900. The van der Waals surface area contributed by atoms with E-state index in [4.69, 9.17) is 0 Å². The third kappa shape index (κ3) is 4.38. The zero-order valence-corrected chi connectivity index (χ0v) is 26.7. The molecule has 7 aromatic carbocycles. The Morgan fingerprint density at radius 3 is 1.74 bits per heavy atom. The average Bonchev–Trinajstić information content (AvgIpc) is 3.70. The molecule has 0 radical (unpaired) electrons. The van der Waals surface area contributed by atoms with Crippen LogP contribution in [0.3, 0.4) is 0 Å². The topological polar surface area (TPSA) is 81.2 Å². The van der Waals surface area contributed by atoms with Gasteiger partial charge in [-0.25, -0.2) is 0 Å². The fraction of sp³-hybridized carbons (Fsp3) is 0. The molecule has 0 N–H and O–H groups in total. The van der Waals surface area contributed by atoms with Gasteiger partial charge in [0.25, 0.3) is 0 Å². The van der Waals surface area contributed by atoms with E-state index in [1.54, 1.807) is 6.07 Å². The van der Waals surface area contributed by atoms with E-state index in [1.807, 2.05) is 54.6 Å². The molecule has 0 aliphatic rings.